The number of methoxy groups -OCH3 is 2. The van der Waals surface area contributed by atoms with Gasteiger partial charge in [0.1, 0.15) is 11.5 Å². The molecule has 160 valence electrons. The van der Waals surface area contributed by atoms with Gasteiger partial charge in [0, 0.05) is 43.1 Å². The standard InChI is InChI=1S/C23H26Cl2N2O3/c1-29-18-5-3-14(4-6-18)12-26-16-10-17-9-15(13-27(17)21(28)11-16)22-20(30-2)8-7-19(24)23(22)25/h3-8,15-17,26H,9-13H2,1-2H3/t15-,16?,17-/m0/s1. The Bertz CT molecular complexity index is 919. The highest BCUT2D eigenvalue weighted by atomic mass is 35.5. The van der Waals surface area contributed by atoms with Crippen LogP contribution in [0.1, 0.15) is 36.3 Å². The lowest BCUT2D eigenvalue weighted by Crippen LogP contribution is -2.48. The van der Waals surface area contributed by atoms with Crippen molar-refractivity contribution in [2.45, 2.75) is 43.8 Å². The van der Waals surface area contributed by atoms with Crippen LogP contribution in [0, 0.1) is 0 Å². The maximum atomic E-state index is 12.8. The number of nitrogens with zero attached hydrogens (tertiary/aromatic N) is 1. The van der Waals surface area contributed by atoms with Gasteiger partial charge in [-0.2, -0.15) is 0 Å². The molecule has 2 fully saturated rings. The van der Waals surface area contributed by atoms with Gasteiger partial charge in [-0.15, -0.1) is 0 Å². The number of carbonyl (C=O) groups excluding carboxylic acids is 1. The Morgan fingerprint density at radius 2 is 1.83 bits per heavy atom. The molecule has 1 amide bonds. The Hall–Kier alpha value is -1.95. The normalized spacial score (nSPS) is 23.4. The van der Waals surface area contributed by atoms with Gasteiger partial charge in [0.25, 0.3) is 0 Å². The summed E-state index contributed by atoms with van der Waals surface area (Å²) in [4.78, 5) is 14.9. The summed E-state index contributed by atoms with van der Waals surface area (Å²) in [5, 5.41) is 4.60. The Morgan fingerprint density at radius 3 is 2.53 bits per heavy atom. The highest BCUT2D eigenvalue weighted by Gasteiger charge is 2.42. The first-order valence-electron chi connectivity index (χ1n) is 10.2. The summed E-state index contributed by atoms with van der Waals surface area (Å²) in [6.07, 6.45) is 2.31. The third-order valence-corrected chi connectivity index (χ3v) is 7.01. The second-order valence-electron chi connectivity index (χ2n) is 7.98. The number of fused-ring (bicyclic) bond motifs is 1. The molecule has 0 spiro atoms. The van der Waals surface area contributed by atoms with Gasteiger partial charge >= 0.3 is 0 Å². The van der Waals surface area contributed by atoms with Crippen molar-refractivity contribution < 1.29 is 14.3 Å². The lowest BCUT2D eigenvalue weighted by molar-refractivity contribution is -0.135. The Kier molecular flexibility index (Phi) is 6.42. The third kappa shape index (κ3) is 4.25. The SMILES string of the molecule is COc1ccc(CNC2CC(=O)N3C[C@@H](c4c(OC)ccc(Cl)c4Cl)C[C@H]3C2)cc1. The van der Waals surface area contributed by atoms with Crippen molar-refractivity contribution in [3.63, 3.8) is 0 Å². The molecule has 3 atom stereocenters. The van der Waals surface area contributed by atoms with Crippen LogP contribution in [0.25, 0.3) is 0 Å². The molecule has 2 aliphatic heterocycles. The minimum atomic E-state index is 0.125. The molecule has 4 rings (SSSR count). The predicted molar refractivity (Wildman–Crippen MR) is 119 cm³/mol. The van der Waals surface area contributed by atoms with Crippen LogP contribution in [-0.4, -0.2) is 43.7 Å². The van der Waals surface area contributed by atoms with Gasteiger partial charge in [-0.3, -0.25) is 4.79 Å². The van der Waals surface area contributed by atoms with Crippen LogP contribution in [0.2, 0.25) is 10.0 Å². The first kappa shape index (κ1) is 21.3. The van der Waals surface area contributed by atoms with Crippen LogP contribution in [0.15, 0.2) is 36.4 Å². The fraction of sp³-hybridized carbons (Fsp3) is 0.435. The van der Waals surface area contributed by atoms with Gasteiger partial charge < -0.3 is 19.7 Å². The van der Waals surface area contributed by atoms with E-state index >= 15 is 0 Å². The fourth-order valence-corrected chi connectivity index (χ4v) is 5.14. The second-order valence-corrected chi connectivity index (χ2v) is 8.76. The van der Waals surface area contributed by atoms with Crippen LogP contribution < -0.4 is 14.8 Å². The number of piperidine rings is 1. The Balaban J connectivity index is 1.43. The number of nitrogens with one attached hydrogen (secondary N) is 1. The lowest BCUT2D eigenvalue weighted by atomic mass is 9.91. The van der Waals surface area contributed by atoms with Gasteiger partial charge in [-0.05, 0) is 42.7 Å². The van der Waals surface area contributed by atoms with Crippen molar-refractivity contribution in [1.29, 1.82) is 0 Å². The number of carbonyl (C=O) groups is 1. The molecule has 1 unspecified atom stereocenters. The molecule has 1 N–H and O–H groups in total. The average Bonchev–Trinajstić information content (AvgIpc) is 3.18. The molecular weight excluding hydrogens is 423 g/mol. The van der Waals surface area contributed by atoms with E-state index in [9.17, 15) is 4.79 Å². The smallest absolute Gasteiger partial charge is 0.224 e. The third-order valence-electron chi connectivity index (χ3n) is 6.19. The van der Waals surface area contributed by atoms with Gasteiger partial charge in [0.05, 0.1) is 24.3 Å². The van der Waals surface area contributed by atoms with Gasteiger partial charge in [-0.1, -0.05) is 35.3 Å². The predicted octanol–water partition coefficient (Wildman–Crippen LogP) is 4.65. The summed E-state index contributed by atoms with van der Waals surface area (Å²) < 4.78 is 10.7. The maximum absolute atomic E-state index is 12.8. The van der Waals surface area contributed by atoms with E-state index in [1.165, 1.54) is 5.56 Å². The topological polar surface area (TPSA) is 50.8 Å². The number of halogens is 2. The zero-order valence-electron chi connectivity index (χ0n) is 17.2. The largest absolute Gasteiger partial charge is 0.497 e. The number of rotatable bonds is 6. The van der Waals surface area contributed by atoms with Crippen LogP contribution in [0.4, 0.5) is 0 Å². The zero-order chi connectivity index (χ0) is 21.3. The lowest BCUT2D eigenvalue weighted by Gasteiger charge is -2.35. The molecule has 0 radical (unpaired) electrons. The molecule has 2 saturated heterocycles. The zero-order valence-corrected chi connectivity index (χ0v) is 18.7. The minimum absolute atomic E-state index is 0.125. The fourth-order valence-electron chi connectivity index (χ4n) is 4.66. The average molecular weight is 449 g/mol. The van der Waals surface area contributed by atoms with Gasteiger partial charge in [-0.25, -0.2) is 0 Å². The van der Waals surface area contributed by atoms with Gasteiger partial charge in [0.15, 0.2) is 0 Å². The summed E-state index contributed by atoms with van der Waals surface area (Å²) in [5.74, 6) is 1.89. The number of amides is 1. The molecule has 7 heteroatoms. The summed E-state index contributed by atoms with van der Waals surface area (Å²) in [6, 6.07) is 12.0. The van der Waals surface area contributed by atoms with E-state index in [2.05, 4.69) is 5.32 Å². The summed E-state index contributed by atoms with van der Waals surface area (Å²) in [6.45, 7) is 1.39. The maximum Gasteiger partial charge on any atom is 0.224 e. The van der Waals surface area contributed by atoms with Crippen molar-refractivity contribution in [1.82, 2.24) is 10.2 Å². The minimum Gasteiger partial charge on any atom is -0.497 e. The highest BCUT2D eigenvalue weighted by molar-refractivity contribution is 6.42. The quantitative estimate of drug-likeness (QED) is 0.698. The molecule has 2 aliphatic rings. The van der Waals surface area contributed by atoms with E-state index in [-0.39, 0.29) is 23.9 Å². The second kappa shape index (κ2) is 9.04. The molecule has 30 heavy (non-hydrogen) atoms. The molecule has 5 nitrogen and oxygen atoms in total. The summed E-state index contributed by atoms with van der Waals surface area (Å²) in [5.41, 5.74) is 2.09. The van der Waals surface area contributed by atoms with Crippen molar-refractivity contribution in [3.05, 3.63) is 57.6 Å². The number of benzene rings is 2. The van der Waals surface area contributed by atoms with Crippen molar-refractivity contribution in [2.24, 2.45) is 0 Å². The Morgan fingerprint density at radius 1 is 1.07 bits per heavy atom. The molecule has 2 heterocycles. The first-order chi connectivity index (χ1) is 14.5. The van der Waals surface area contributed by atoms with Crippen molar-refractivity contribution in [3.8, 4) is 11.5 Å². The number of hydrogen-bond acceptors (Lipinski definition) is 4. The van der Waals surface area contributed by atoms with Crippen molar-refractivity contribution in [2.75, 3.05) is 20.8 Å². The molecule has 0 bridgehead atoms. The van der Waals surface area contributed by atoms with Crippen LogP contribution >= 0.6 is 23.2 Å². The van der Waals surface area contributed by atoms with E-state index < -0.39 is 0 Å². The molecule has 0 aliphatic carbocycles. The molecule has 2 aromatic carbocycles. The Labute approximate surface area is 187 Å². The van der Waals surface area contributed by atoms with Crippen LogP contribution in [0.5, 0.6) is 11.5 Å². The van der Waals surface area contributed by atoms with E-state index in [1.807, 2.05) is 35.2 Å². The van der Waals surface area contributed by atoms with Crippen molar-refractivity contribution >= 4 is 29.1 Å². The van der Waals surface area contributed by atoms with E-state index in [4.69, 9.17) is 32.7 Å². The summed E-state index contributed by atoms with van der Waals surface area (Å²) in [7, 11) is 3.29. The van der Waals surface area contributed by atoms with E-state index in [1.54, 1.807) is 20.3 Å². The molecule has 2 aromatic rings. The monoisotopic (exact) mass is 448 g/mol. The van der Waals surface area contributed by atoms with Crippen LogP contribution in [-0.2, 0) is 11.3 Å². The molecule has 0 saturated carbocycles. The molecule has 0 aromatic heterocycles. The highest BCUT2D eigenvalue weighted by Crippen LogP contribution is 2.45. The number of ether oxygens (including phenoxy) is 2. The van der Waals surface area contributed by atoms with Gasteiger partial charge in [0.2, 0.25) is 5.91 Å². The summed E-state index contributed by atoms with van der Waals surface area (Å²) >= 11 is 12.8. The van der Waals surface area contributed by atoms with E-state index in [0.29, 0.717) is 23.0 Å². The first-order valence-corrected chi connectivity index (χ1v) is 10.9. The molecular formula is C23H26Cl2N2O3. The number of hydrogen-bond donors (Lipinski definition) is 1. The van der Waals surface area contributed by atoms with Crippen LogP contribution in [0.3, 0.4) is 0 Å². The van der Waals surface area contributed by atoms with E-state index in [0.717, 1.165) is 36.4 Å².